The molecule has 0 aromatic heterocycles. The molecule has 1 N–H and O–H groups in total. The van der Waals surface area contributed by atoms with Crippen LogP contribution >= 0.6 is 11.6 Å². The Balaban J connectivity index is 1.65. The lowest BCUT2D eigenvalue weighted by Crippen LogP contribution is -2.33. The van der Waals surface area contributed by atoms with Crippen LogP contribution in [0.4, 0.5) is 5.69 Å². The quantitative estimate of drug-likeness (QED) is 0.867. The average Bonchev–Trinajstić information content (AvgIpc) is 3.30. The molecule has 0 aliphatic heterocycles. The van der Waals surface area contributed by atoms with E-state index in [-0.39, 0.29) is 0 Å². The van der Waals surface area contributed by atoms with Crippen molar-refractivity contribution in [1.82, 2.24) is 5.32 Å². The third-order valence-corrected chi connectivity index (χ3v) is 4.99. The summed E-state index contributed by atoms with van der Waals surface area (Å²) in [7, 11) is 2.19. The number of halogens is 1. The molecule has 2 nitrogen and oxygen atoms in total. The van der Waals surface area contributed by atoms with Gasteiger partial charge >= 0.3 is 0 Å². The van der Waals surface area contributed by atoms with Crippen molar-refractivity contribution in [2.45, 2.75) is 63.6 Å². The second-order valence-electron chi connectivity index (χ2n) is 6.34. The first-order chi connectivity index (χ1) is 9.74. The minimum absolute atomic E-state index is 0.664. The van der Waals surface area contributed by atoms with E-state index in [9.17, 15) is 0 Å². The Morgan fingerprint density at radius 1 is 1.15 bits per heavy atom. The van der Waals surface area contributed by atoms with Crippen LogP contribution in [0.1, 0.15) is 50.5 Å². The predicted molar refractivity (Wildman–Crippen MR) is 86.6 cm³/mol. The van der Waals surface area contributed by atoms with Crippen molar-refractivity contribution >= 4 is 17.3 Å². The van der Waals surface area contributed by atoms with Gasteiger partial charge in [-0.3, -0.25) is 0 Å². The summed E-state index contributed by atoms with van der Waals surface area (Å²) in [5, 5.41) is 4.44. The number of benzene rings is 1. The lowest BCUT2D eigenvalue weighted by Gasteiger charge is -2.33. The lowest BCUT2D eigenvalue weighted by molar-refractivity contribution is 0.427. The Bertz CT molecular complexity index is 450. The van der Waals surface area contributed by atoms with E-state index < -0.39 is 0 Å². The fourth-order valence-corrected chi connectivity index (χ4v) is 3.50. The van der Waals surface area contributed by atoms with Crippen molar-refractivity contribution in [3.05, 3.63) is 28.8 Å². The van der Waals surface area contributed by atoms with Gasteiger partial charge in [0.2, 0.25) is 0 Å². The number of hydrogen-bond donors (Lipinski definition) is 1. The molecule has 2 aliphatic carbocycles. The van der Waals surface area contributed by atoms with Crippen molar-refractivity contribution in [3.63, 3.8) is 0 Å². The van der Waals surface area contributed by atoms with Gasteiger partial charge in [-0.15, -0.1) is 0 Å². The lowest BCUT2D eigenvalue weighted by atomic mass is 9.94. The first-order valence-corrected chi connectivity index (χ1v) is 8.36. The van der Waals surface area contributed by atoms with Crippen LogP contribution in [0.25, 0.3) is 0 Å². The second-order valence-corrected chi connectivity index (χ2v) is 6.75. The molecule has 1 aromatic carbocycles. The topological polar surface area (TPSA) is 15.3 Å². The highest BCUT2D eigenvalue weighted by atomic mass is 35.5. The Morgan fingerprint density at radius 3 is 2.55 bits per heavy atom. The van der Waals surface area contributed by atoms with Gasteiger partial charge in [0, 0.05) is 25.7 Å². The van der Waals surface area contributed by atoms with Crippen molar-refractivity contribution in [2.75, 3.05) is 11.9 Å². The summed E-state index contributed by atoms with van der Waals surface area (Å²) in [5.41, 5.74) is 2.48. The molecule has 2 fully saturated rings. The van der Waals surface area contributed by atoms with Gasteiger partial charge in [0.25, 0.3) is 0 Å². The number of nitrogens with one attached hydrogen (secondary N) is 1. The van der Waals surface area contributed by atoms with E-state index in [1.165, 1.54) is 56.2 Å². The maximum absolute atomic E-state index is 6.50. The minimum Gasteiger partial charge on any atom is -0.370 e. The molecule has 3 rings (SSSR count). The highest BCUT2D eigenvalue weighted by Gasteiger charge is 2.21. The predicted octanol–water partition coefficient (Wildman–Crippen LogP) is 4.36. The first kappa shape index (κ1) is 14.2. The molecule has 20 heavy (non-hydrogen) atoms. The summed E-state index contributed by atoms with van der Waals surface area (Å²) in [6.07, 6.45) is 9.37. The Kier molecular flexibility index (Phi) is 4.52. The molecule has 0 radical (unpaired) electrons. The molecule has 2 aliphatic rings. The van der Waals surface area contributed by atoms with Gasteiger partial charge in [0.05, 0.1) is 10.7 Å². The highest BCUT2D eigenvalue weighted by Crippen LogP contribution is 2.32. The van der Waals surface area contributed by atoms with E-state index in [0.29, 0.717) is 6.04 Å². The molecule has 1 aromatic rings. The molecular formula is C17H25ClN2. The van der Waals surface area contributed by atoms with Crippen molar-refractivity contribution in [3.8, 4) is 0 Å². The fourth-order valence-electron chi connectivity index (χ4n) is 3.16. The SMILES string of the molecule is CN(c1ccc(CNC2CC2)cc1Cl)C1CCCCC1. The van der Waals surface area contributed by atoms with E-state index in [2.05, 4.69) is 35.5 Å². The average molecular weight is 293 g/mol. The van der Waals surface area contributed by atoms with E-state index >= 15 is 0 Å². The van der Waals surface area contributed by atoms with Crippen molar-refractivity contribution in [2.24, 2.45) is 0 Å². The highest BCUT2D eigenvalue weighted by molar-refractivity contribution is 6.33. The summed E-state index contributed by atoms with van der Waals surface area (Å²) in [4.78, 5) is 2.39. The van der Waals surface area contributed by atoms with Gasteiger partial charge in [0.15, 0.2) is 0 Å². The maximum atomic E-state index is 6.50. The summed E-state index contributed by atoms with van der Waals surface area (Å²) >= 11 is 6.50. The monoisotopic (exact) mass is 292 g/mol. The summed E-state index contributed by atoms with van der Waals surface area (Å²) < 4.78 is 0. The zero-order valence-corrected chi connectivity index (χ0v) is 13.1. The number of rotatable bonds is 5. The van der Waals surface area contributed by atoms with Crippen LogP contribution in [0, 0.1) is 0 Å². The largest absolute Gasteiger partial charge is 0.370 e. The molecule has 0 spiro atoms. The van der Waals surface area contributed by atoms with Gasteiger partial charge in [-0.25, -0.2) is 0 Å². The summed E-state index contributed by atoms with van der Waals surface area (Å²) in [6.45, 7) is 0.942. The molecule has 0 bridgehead atoms. The van der Waals surface area contributed by atoms with Crippen LogP contribution < -0.4 is 10.2 Å². The van der Waals surface area contributed by atoms with Gasteiger partial charge in [-0.2, -0.15) is 0 Å². The van der Waals surface area contributed by atoms with Crippen molar-refractivity contribution in [1.29, 1.82) is 0 Å². The Hall–Kier alpha value is -0.730. The van der Waals surface area contributed by atoms with Gasteiger partial charge < -0.3 is 10.2 Å². The van der Waals surface area contributed by atoms with E-state index in [0.717, 1.165) is 17.6 Å². The van der Waals surface area contributed by atoms with Gasteiger partial charge in [-0.05, 0) is 43.4 Å². The van der Waals surface area contributed by atoms with E-state index in [4.69, 9.17) is 11.6 Å². The summed E-state index contributed by atoms with van der Waals surface area (Å²) in [5.74, 6) is 0. The third kappa shape index (κ3) is 3.48. The zero-order valence-electron chi connectivity index (χ0n) is 12.4. The molecule has 0 saturated heterocycles. The number of hydrogen-bond acceptors (Lipinski definition) is 2. The number of nitrogens with zero attached hydrogens (tertiary/aromatic N) is 1. The molecule has 0 atom stereocenters. The molecule has 2 saturated carbocycles. The van der Waals surface area contributed by atoms with Crippen LogP contribution in [-0.2, 0) is 6.54 Å². The Morgan fingerprint density at radius 2 is 1.90 bits per heavy atom. The third-order valence-electron chi connectivity index (χ3n) is 4.69. The van der Waals surface area contributed by atoms with E-state index in [1.54, 1.807) is 0 Å². The maximum Gasteiger partial charge on any atom is 0.0642 e. The minimum atomic E-state index is 0.664. The molecule has 0 heterocycles. The molecular weight excluding hydrogens is 268 g/mol. The number of anilines is 1. The first-order valence-electron chi connectivity index (χ1n) is 7.98. The molecule has 3 heteroatoms. The fraction of sp³-hybridized carbons (Fsp3) is 0.647. The normalized spacial score (nSPS) is 20.1. The van der Waals surface area contributed by atoms with Crippen LogP contribution in [0.2, 0.25) is 5.02 Å². The second kappa shape index (κ2) is 6.36. The van der Waals surface area contributed by atoms with E-state index in [1.807, 2.05) is 0 Å². The van der Waals surface area contributed by atoms with Crippen LogP contribution in [0.15, 0.2) is 18.2 Å². The van der Waals surface area contributed by atoms with Gasteiger partial charge in [-0.1, -0.05) is 36.9 Å². The van der Waals surface area contributed by atoms with Crippen LogP contribution in [-0.4, -0.2) is 19.1 Å². The zero-order chi connectivity index (χ0) is 13.9. The molecule has 110 valence electrons. The molecule has 0 amide bonds. The van der Waals surface area contributed by atoms with Crippen molar-refractivity contribution < 1.29 is 0 Å². The van der Waals surface area contributed by atoms with Crippen LogP contribution in [0.3, 0.4) is 0 Å². The Labute approximate surface area is 127 Å². The summed E-state index contributed by atoms with van der Waals surface area (Å²) in [6, 6.07) is 7.96. The molecule has 0 unspecified atom stereocenters. The van der Waals surface area contributed by atoms with Crippen LogP contribution in [0.5, 0.6) is 0 Å². The smallest absolute Gasteiger partial charge is 0.0642 e. The van der Waals surface area contributed by atoms with Gasteiger partial charge in [0.1, 0.15) is 0 Å². The standard InChI is InChI=1S/C17H25ClN2/c1-20(15-5-3-2-4-6-15)17-10-7-13(11-16(17)18)12-19-14-8-9-14/h7,10-11,14-15,19H,2-6,8-9,12H2,1H3.